The standard InChI is InChI=1S/C29H28N4O4/c1-17-19(3)37-26-23(17)14-9-15-24(26)28(35)30-21-11-8-10-20(16-21)27(34)31-25-18(2)32(4)33(29(25)36)22-12-6-5-7-13-22/h5-17,19H,1-4H3,(H,30,35)(H,31,34)/t17-,19+/m1/s1. The molecule has 1 aromatic heterocycles. The maximum atomic E-state index is 13.1. The van der Waals surface area contributed by atoms with Crippen LogP contribution < -0.4 is 20.9 Å². The highest BCUT2D eigenvalue weighted by Crippen LogP contribution is 2.40. The Kier molecular flexibility index (Phi) is 6.17. The topological polar surface area (TPSA) is 94.4 Å². The summed E-state index contributed by atoms with van der Waals surface area (Å²) in [6, 6.07) is 21.4. The highest BCUT2D eigenvalue weighted by Gasteiger charge is 2.31. The third kappa shape index (κ3) is 4.31. The van der Waals surface area contributed by atoms with Gasteiger partial charge in [-0.05, 0) is 50.2 Å². The number of ether oxygens (including phenoxy) is 1. The number of anilines is 2. The van der Waals surface area contributed by atoms with E-state index < -0.39 is 5.91 Å². The van der Waals surface area contributed by atoms with E-state index in [1.807, 2.05) is 49.4 Å². The van der Waals surface area contributed by atoms with E-state index >= 15 is 0 Å². The van der Waals surface area contributed by atoms with E-state index in [-0.39, 0.29) is 29.2 Å². The van der Waals surface area contributed by atoms with E-state index in [9.17, 15) is 14.4 Å². The molecule has 0 spiro atoms. The van der Waals surface area contributed by atoms with Gasteiger partial charge in [0.2, 0.25) is 0 Å². The minimum absolute atomic E-state index is 0.0103. The Morgan fingerprint density at radius 2 is 1.62 bits per heavy atom. The van der Waals surface area contributed by atoms with Crippen molar-refractivity contribution < 1.29 is 14.3 Å². The zero-order valence-corrected chi connectivity index (χ0v) is 21.1. The van der Waals surface area contributed by atoms with Crippen molar-refractivity contribution in [3.05, 3.63) is 106 Å². The summed E-state index contributed by atoms with van der Waals surface area (Å²) >= 11 is 0. The molecule has 0 saturated carbocycles. The number of fused-ring (bicyclic) bond motifs is 1. The van der Waals surface area contributed by atoms with Gasteiger partial charge in [0, 0.05) is 29.8 Å². The second-order valence-corrected chi connectivity index (χ2v) is 9.26. The second-order valence-electron chi connectivity index (χ2n) is 9.26. The van der Waals surface area contributed by atoms with Crippen LogP contribution in [0.5, 0.6) is 5.75 Å². The average molecular weight is 497 g/mol. The molecule has 0 radical (unpaired) electrons. The molecule has 188 valence electrons. The maximum Gasteiger partial charge on any atom is 0.295 e. The largest absolute Gasteiger partial charge is 0.489 e. The molecule has 2 N–H and O–H groups in total. The molecule has 4 aromatic rings. The zero-order valence-electron chi connectivity index (χ0n) is 21.1. The average Bonchev–Trinajstić information content (AvgIpc) is 3.31. The van der Waals surface area contributed by atoms with Crippen LogP contribution in [-0.4, -0.2) is 27.3 Å². The third-order valence-electron chi connectivity index (χ3n) is 6.96. The summed E-state index contributed by atoms with van der Waals surface area (Å²) in [7, 11) is 1.76. The van der Waals surface area contributed by atoms with Gasteiger partial charge in [0.15, 0.2) is 0 Å². The van der Waals surface area contributed by atoms with Gasteiger partial charge in [0.1, 0.15) is 17.5 Å². The molecule has 2 amide bonds. The van der Waals surface area contributed by atoms with E-state index in [0.717, 1.165) is 5.56 Å². The molecule has 0 unspecified atom stereocenters. The monoisotopic (exact) mass is 496 g/mol. The number of carbonyl (C=O) groups excluding carboxylic acids is 2. The molecular formula is C29H28N4O4. The smallest absolute Gasteiger partial charge is 0.295 e. The first kappa shape index (κ1) is 24.1. The van der Waals surface area contributed by atoms with E-state index in [4.69, 9.17) is 4.74 Å². The van der Waals surface area contributed by atoms with Crippen LogP contribution in [-0.2, 0) is 7.05 Å². The van der Waals surface area contributed by atoms with Crippen LogP contribution in [0.1, 0.15) is 51.7 Å². The molecule has 0 fully saturated rings. The van der Waals surface area contributed by atoms with Gasteiger partial charge < -0.3 is 15.4 Å². The van der Waals surface area contributed by atoms with Gasteiger partial charge in [0.25, 0.3) is 17.4 Å². The van der Waals surface area contributed by atoms with Crippen molar-refractivity contribution in [3.63, 3.8) is 0 Å². The number of nitrogens with one attached hydrogen (secondary N) is 2. The van der Waals surface area contributed by atoms with Crippen molar-refractivity contribution >= 4 is 23.2 Å². The Labute approximate surface area is 214 Å². The fraction of sp³-hybridized carbons (Fsp3) is 0.207. The summed E-state index contributed by atoms with van der Waals surface area (Å²) in [5.74, 6) is 0.0277. The lowest BCUT2D eigenvalue weighted by Gasteiger charge is -2.11. The summed E-state index contributed by atoms with van der Waals surface area (Å²) in [6.07, 6.45) is -0.0103. The molecule has 8 nitrogen and oxygen atoms in total. The molecule has 0 saturated heterocycles. The number of hydrogen-bond acceptors (Lipinski definition) is 4. The van der Waals surface area contributed by atoms with Crippen LogP contribution in [0.15, 0.2) is 77.6 Å². The summed E-state index contributed by atoms with van der Waals surface area (Å²) < 4.78 is 9.15. The van der Waals surface area contributed by atoms with Gasteiger partial charge in [-0.15, -0.1) is 0 Å². The van der Waals surface area contributed by atoms with Crippen molar-refractivity contribution in [2.24, 2.45) is 7.05 Å². The van der Waals surface area contributed by atoms with E-state index in [1.54, 1.807) is 49.0 Å². The van der Waals surface area contributed by atoms with Crippen molar-refractivity contribution in [3.8, 4) is 11.4 Å². The third-order valence-corrected chi connectivity index (χ3v) is 6.96. The molecule has 5 rings (SSSR count). The molecule has 1 aliphatic heterocycles. The first-order chi connectivity index (χ1) is 17.8. The summed E-state index contributed by atoms with van der Waals surface area (Å²) in [5.41, 5.74) is 3.41. The highest BCUT2D eigenvalue weighted by molar-refractivity contribution is 6.08. The number of nitrogens with zero attached hydrogens (tertiary/aromatic N) is 2. The van der Waals surface area contributed by atoms with Gasteiger partial charge >= 0.3 is 0 Å². The number of hydrogen-bond donors (Lipinski definition) is 2. The van der Waals surface area contributed by atoms with Crippen LogP contribution in [0.4, 0.5) is 11.4 Å². The van der Waals surface area contributed by atoms with Crippen LogP contribution in [0, 0.1) is 6.92 Å². The molecule has 0 aliphatic carbocycles. The SMILES string of the molecule is Cc1c(NC(=O)c2cccc(NC(=O)c3cccc4c3O[C@@H](C)[C@H]4C)c2)c(=O)n(-c2ccccc2)n1C. The Bertz CT molecular complexity index is 1570. The Morgan fingerprint density at radius 1 is 0.892 bits per heavy atom. The van der Waals surface area contributed by atoms with E-state index in [2.05, 4.69) is 17.6 Å². The van der Waals surface area contributed by atoms with Gasteiger partial charge in [-0.3, -0.25) is 19.1 Å². The second kappa shape index (κ2) is 9.46. The molecule has 2 heterocycles. The van der Waals surface area contributed by atoms with Gasteiger partial charge in [-0.2, -0.15) is 0 Å². The highest BCUT2D eigenvalue weighted by atomic mass is 16.5. The van der Waals surface area contributed by atoms with Crippen molar-refractivity contribution in [2.45, 2.75) is 32.8 Å². The molecule has 0 bridgehead atoms. The molecular weight excluding hydrogens is 468 g/mol. The quantitative estimate of drug-likeness (QED) is 0.412. The molecule has 2 atom stereocenters. The number of para-hydroxylation sites is 2. The van der Waals surface area contributed by atoms with Crippen LogP contribution in [0.3, 0.4) is 0 Å². The fourth-order valence-electron chi connectivity index (χ4n) is 4.60. The maximum absolute atomic E-state index is 13.1. The first-order valence-corrected chi connectivity index (χ1v) is 12.1. The van der Waals surface area contributed by atoms with Crippen molar-refractivity contribution in [1.82, 2.24) is 9.36 Å². The van der Waals surface area contributed by atoms with Gasteiger partial charge in [0.05, 0.1) is 16.9 Å². The lowest BCUT2D eigenvalue weighted by atomic mass is 9.97. The number of carbonyl (C=O) groups is 2. The van der Waals surface area contributed by atoms with Crippen LogP contribution in [0.2, 0.25) is 0 Å². The van der Waals surface area contributed by atoms with Crippen LogP contribution >= 0.6 is 0 Å². The lowest BCUT2D eigenvalue weighted by Crippen LogP contribution is -2.23. The molecule has 1 aliphatic rings. The summed E-state index contributed by atoms with van der Waals surface area (Å²) in [4.78, 5) is 39.3. The Hall–Kier alpha value is -4.59. The summed E-state index contributed by atoms with van der Waals surface area (Å²) in [6.45, 7) is 5.83. The first-order valence-electron chi connectivity index (χ1n) is 12.1. The molecule has 37 heavy (non-hydrogen) atoms. The molecule has 3 aromatic carbocycles. The van der Waals surface area contributed by atoms with Crippen LogP contribution in [0.25, 0.3) is 5.69 Å². The van der Waals surface area contributed by atoms with E-state index in [1.165, 1.54) is 4.68 Å². The normalized spacial score (nSPS) is 16.1. The number of benzene rings is 3. The minimum atomic E-state index is -0.450. The summed E-state index contributed by atoms with van der Waals surface area (Å²) in [5, 5.41) is 5.62. The predicted octanol–water partition coefficient (Wildman–Crippen LogP) is 4.87. The Morgan fingerprint density at radius 3 is 2.38 bits per heavy atom. The lowest BCUT2D eigenvalue weighted by molar-refractivity contribution is 0.101. The predicted molar refractivity (Wildman–Crippen MR) is 143 cm³/mol. The van der Waals surface area contributed by atoms with Crippen molar-refractivity contribution in [1.29, 1.82) is 0 Å². The van der Waals surface area contributed by atoms with E-state index in [0.29, 0.717) is 33.9 Å². The zero-order chi connectivity index (χ0) is 26.3. The number of aromatic nitrogens is 2. The number of rotatable bonds is 5. The number of amides is 2. The fourth-order valence-corrected chi connectivity index (χ4v) is 4.60. The molecule has 8 heteroatoms. The Balaban J connectivity index is 1.37. The van der Waals surface area contributed by atoms with Crippen molar-refractivity contribution in [2.75, 3.05) is 10.6 Å². The minimum Gasteiger partial charge on any atom is -0.489 e. The van der Waals surface area contributed by atoms with Gasteiger partial charge in [-0.1, -0.05) is 43.3 Å². The van der Waals surface area contributed by atoms with Gasteiger partial charge in [-0.25, -0.2) is 4.68 Å².